The van der Waals surface area contributed by atoms with E-state index in [0.717, 1.165) is 33.1 Å². The third-order valence-electron chi connectivity index (χ3n) is 4.43. The van der Waals surface area contributed by atoms with Crippen LogP contribution in [-0.2, 0) is 4.79 Å². The van der Waals surface area contributed by atoms with Crippen LogP contribution >= 0.6 is 0 Å². The molecule has 4 aromatic rings. The number of carboxylic acids is 1. The molecule has 3 aromatic carbocycles. The van der Waals surface area contributed by atoms with Crippen molar-refractivity contribution in [3.63, 3.8) is 0 Å². The molecular formula is C23H18O4. The molecule has 0 atom stereocenters. The molecule has 0 bridgehead atoms. The van der Waals surface area contributed by atoms with Gasteiger partial charge in [-0.05, 0) is 48.9 Å². The van der Waals surface area contributed by atoms with Crippen LogP contribution in [0.5, 0.6) is 5.75 Å². The maximum absolute atomic E-state index is 11.6. The van der Waals surface area contributed by atoms with Gasteiger partial charge < -0.3 is 14.3 Å². The summed E-state index contributed by atoms with van der Waals surface area (Å²) in [5.41, 5.74) is 3.69. The van der Waals surface area contributed by atoms with Gasteiger partial charge in [-0.1, -0.05) is 42.0 Å². The Balaban J connectivity index is 1.64. The molecule has 0 spiro atoms. The van der Waals surface area contributed by atoms with Gasteiger partial charge in [-0.15, -0.1) is 0 Å². The van der Waals surface area contributed by atoms with Gasteiger partial charge in [-0.25, -0.2) is 4.79 Å². The maximum Gasteiger partial charge on any atom is 0.335 e. The van der Waals surface area contributed by atoms with Gasteiger partial charge in [0, 0.05) is 10.8 Å². The third kappa shape index (κ3) is 3.55. The second kappa shape index (κ2) is 7.00. The highest BCUT2D eigenvalue weighted by molar-refractivity contribution is 6.05. The number of carbonyl (C=O) groups is 1. The number of hydrogen-bond donors (Lipinski definition) is 1. The second-order valence-corrected chi connectivity index (χ2v) is 6.43. The summed E-state index contributed by atoms with van der Waals surface area (Å²) in [6.45, 7) is 1.98. The lowest BCUT2D eigenvalue weighted by Gasteiger charge is -2.07. The van der Waals surface area contributed by atoms with E-state index in [1.807, 2.05) is 73.7 Å². The SMILES string of the molecule is Cc1ccc(OC/C(=C\c2ccc3oc4ccccc4c3c2)C(=O)O)cc1. The zero-order valence-electron chi connectivity index (χ0n) is 14.8. The van der Waals surface area contributed by atoms with Crippen LogP contribution in [0.3, 0.4) is 0 Å². The number of aliphatic carboxylic acids is 1. The fourth-order valence-electron chi connectivity index (χ4n) is 3.00. The molecule has 0 aliphatic heterocycles. The summed E-state index contributed by atoms with van der Waals surface area (Å²) in [5, 5.41) is 11.5. The number of carboxylic acid groups (broad SMARTS) is 1. The van der Waals surface area contributed by atoms with E-state index in [1.54, 1.807) is 6.08 Å². The van der Waals surface area contributed by atoms with E-state index in [4.69, 9.17) is 9.15 Å². The number of furan rings is 1. The van der Waals surface area contributed by atoms with Crippen molar-refractivity contribution in [3.05, 3.63) is 83.4 Å². The molecule has 0 amide bonds. The van der Waals surface area contributed by atoms with Crippen LogP contribution < -0.4 is 4.74 Å². The van der Waals surface area contributed by atoms with Gasteiger partial charge in [0.25, 0.3) is 0 Å². The first-order chi connectivity index (χ1) is 13.1. The van der Waals surface area contributed by atoms with Crippen molar-refractivity contribution in [2.45, 2.75) is 6.92 Å². The molecule has 4 heteroatoms. The molecule has 4 nitrogen and oxygen atoms in total. The number of aryl methyl sites for hydroxylation is 1. The monoisotopic (exact) mass is 358 g/mol. The fourth-order valence-corrected chi connectivity index (χ4v) is 3.00. The van der Waals surface area contributed by atoms with Crippen LogP contribution in [0, 0.1) is 6.92 Å². The van der Waals surface area contributed by atoms with Gasteiger partial charge in [-0.2, -0.15) is 0 Å². The average molecular weight is 358 g/mol. The Morgan fingerprint density at radius 1 is 1.00 bits per heavy atom. The Hall–Kier alpha value is -3.53. The number of ether oxygens (including phenoxy) is 1. The van der Waals surface area contributed by atoms with Crippen molar-refractivity contribution in [2.75, 3.05) is 6.61 Å². The molecule has 4 rings (SSSR count). The Labute approximate surface area is 156 Å². The summed E-state index contributed by atoms with van der Waals surface area (Å²) < 4.78 is 11.4. The molecule has 0 saturated heterocycles. The van der Waals surface area contributed by atoms with Crippen molar-refractivity contribution in [3.8, 4) is 5.75 Å². The number of para-hydroxylation sites is 1. The molecule has 1 N–H and O–H groups in total. The molecule has 1 heterocycles. The molecule has 0 aliphatic rings. The minimum atomic E-state index is -1.00. The second-order valence-electron chi connectivity index (χ2n) is 6.43. The lowest BCUT2D eigenvalue weighted by Crippen LogP contribution is -2.10. The summed E-state index contributed by atoms with van der Waals surface area (Å²) >= 11 is 0. The van der Waals surface area contributed by atoms with Gasteiger partial charge in [0.05, 0.1) is 5.57 Å². The van der Waals surface area contributed by atoms with E-state index in [2.05, 4.69) is 0 Å². The van der Waals surface area contributed by atoms with Crippen molar-refractivity contribution in [1.82, 2.24) is 0 Å². The minimum absolute atomic E-state index is 0.0113. The molecule has 1 aromatic heterocycles. The Kier molecular flexibility index (Phi) is 4.38. The zero-order chi connectivity index (χ0) is 18.8. The molecule has 0 aliphatic carbocycles. The molecule has 0 unspecified atom stereocenters. The quantitative estimate of drug-likeness (QED) is 0.483. The summed E-state index contributed by atoms with van der Waals surface area (Å²) in [6.07, 6.45) is 1.64. The van der Waals surface area contributed by atoms with E-state index in [0.29, 0.717) is 5.75 Å². The molecule has 134 valence electrons. The highest BCUT2D eigenvalue weighted by Gasteiger charge is 2.11. The van der Waals surface area contributed by atoms with E-state index in [1.165, 1.54) is 0 Å². The Morgan fingerprint density at radius 2 is 1.74 bits per heavy atom. The van der Waals surface area contributed by atoms with Gasteiger partial charge in [-0.3, -0.25) is 0 Å². The predicted octanol–water partition coefficient (Wildman–Crippen LogP) is 5.44. The van der Waals surface area contributed by atoms with E-state index in [9.17, 15) is 9.90 Å². The van der Waals surface area contributed by atoms with Crippen LogP contribution in [0.1, 0.15) is 11.1 Å². The van der Waals surface area contributed by atoms with Gasteiger partial charge in [0.2, 0.25) is 0 Å². The summed E-state index contributed by atoms with van der Waals surface area (Å²) in [6, 6.07) is 21.0. The lowest BCUT2D eigenvalue weighted by molar-refractivity contribution is -0.132. The first kappa shape index (κ1) is 16.9. The average Bonchev–Trinajstić information content (AvgIpc) is 3.04. The molecular weight excluding hydrogens is 340 g/mol. The van der Waals surface area contributed by atoms with Crippen LogP contribution in [0.2, 0.25) is 0 Å². The minimum Gasteiger partial charge on any atom is -0.489 e. The topological polar surface area (TPSA) is 59.7 Å². The van der Waals surface area contributed by atoms with Crippen LogP contribution in [-0.4, -0.2) is 17.7 Å². The largest absolute Gasteiger partial charge is 0.489 e. The van der Waals surface area contributed by atoms with Crippen molar-refractivity contribution < 1.29 is 19.1 Å². The third-order valence-corrected chi connectivity index (χ3v) is 4.43. The molecule has 0 saturated carbocycles. The Morgan fingerprint density at radius 3 is 2.52 bits per heavy atom. The van der Waals surface area contributed by atoms with Crippen molar-refractivity contribution in [2.24, 2.45) is 0 Å². The first-order valence-corrected chi connectivity index (χ1v) is 8.65. The van der Waals surface area contributed by atoms with Crippen LogP contribution in [0.25, 0.3) is 28.0 Å². The zero-order valence-corrected chi connectivity index (χ0v) is 14.8. The number of rotatable bonds is 5. The first-order valence-electron chi connectivity index (χ1n) is 8.65. The highest BCUT2D eigenvalue weighted by Crippen LogP contribution is 2.29. The lowest BCUT2D eigenvalue weighted by atomic mass is 10.1. The van der Waals surface area contributed by atoms with Crippen molar-refractivity contribution >= 4 is 34.0 Å². The maximum atomic E-state index is 11.6. The van der Waals surface area contributed by atoms with Gasteiger partial charge in [0.1, 0.15) is 23.5 Å². The number of fused-ring (bicyclic) bond motifs is 3. The summed E-state index contributed by atoms with van der Waals surface area (Å²) in [4.78, 5) is 11.6. The van der Waals surface area contributed by atoms with E-state index < -0.39 is 5.97 Å². The van der Waals surface area contributed by atoms with Crippen molar-refractivity contribution in [1.29, 1.82) is 0 Å². The highest BCUT2D eigenvalue weighted by atomic mass is 16.5. The van der Waals surface area contributed by atoms with Gasteiger partial charge >= 0.3 is 5.97 Å². The summed E-state index contributed by atoms with van der Waals surface area (Å²) in [7, 11) is 0. The van der Waals surface area contributed by atoms with Crippen LogP contribution in [0.4, 0.5) is 0 Å². The Bertz CT molecular complexity index is 1150. The smallest absolute Gasteiger partial charge is 0.335 e. The molecule has 0 fully saturated rings. The molecule has 0 radical (unpaired) electrons. The molecule has 27 heavy (non-hydrogen) atoms. The summed E-state index contributed by atoms with van der Waals surface area (Å²) in [5.74, 6) is -0.358. The normalized spacial score (nSPS) is 11.8. The predicted molar refractivity (Wildman–Crippen MR) is 106 cm³/mol. The van der Waals surface area contributed by atoms with E-state index >= 15 is 0 Å². The standard InChI is InChI=1S/C23H18O4/c1-15-6-9-18(10-7-15)26-14-17(23(24)25)12-16-8-11-22-20(13-16)19-4-2-3-5-21(19)27-22/h2-13H,14H2,1H3,(H,24,25)/b17-12+. The number of hydrogen-bond acceptors (Lipinski definition) is 3. The van der Waals surface area contributed by atoms with E-state index in [-0.39, 0.29) is 12.2 Å². The van der Waals surface area contributed by atoms with Crippen LogP contribution in [0.15, 0.2) is 76.7 Å². The fraction of sp³-hybridized carbons (Fsp3) is 0.0870. The van der Waals surface area contributed by atoms with Gasteiger partial charge in [0.15, 0.2) is 0 Å². The number of benzene rings is 3.